The summed E-state index contributed by atoms with van der Waals surface area (Å²) in [5.74, 6) is 4.97. The second kappa shape index (κ2) is 14.2. The number of allylic oxidation sites excluding steroid dienone is 3. The molecular weight excluding hydrogens is 564 g/mol. The highest BCUT2D eigenvalue weighted by atomic mass is 16.3. The van der Waals surface area contributed by atoms with Gasteiger partial charge in [-0.25, -0.2) is 0 Å². The molecule has 1 aromatic rings. The summed E-state index contributed by atoms with van der Waals surface area (Å²) in [7, 11) is 0. The van der Waals surface area contributed by atoms with Crippen LogP contribution >= 0.6 is 0 Å². The number of fused-ring (bicyclic) bond motifs is 5. The normalized spacial score (nSPS) is 36.0. The third kappa shape index (κ3) is 7.10. The molecule has 0 bridgehead atoms. The molecule has 4 aliphatic carbocycles. The van der Waals surface area contributed by atoms with E-state index in [1.165, 1.54) is 63.0 Å². The Morgan fingerprint density at radius 3 is 2.33 bits per heavy atom. The molecule has 3 fully saturated rings. The Hall–Kier alpha value is -2.66. The van der Waals surface area contributed by atoms with Gasteiger partial charge in [0.25, 0.3) is 0 Å². The summed E-state index contributed by atoms with van der Waals surface area (Å²) in [5, 5.41) is 11.5. The summed E-state index contributed by atoms with van der Waals surface area (Å²) >= 11 is 0. The van der Waals surface area contributed by atoms with Gasteiger partial charge in [-0.15, -0.1) is 0 Å². The Morgan fingerprint density at radius 1 is 1.00 bits per heavy atom. The molecule has 4 aliphatic rings. The number of aliphatic hydroxyl groups is 1. The van der Waals surface area contributed by atoms with Crippen molar-refractivity contribution in [2.24, 2.45) is 63.2 Å². The van der Waals surface area contributed by atoms with E-state index in [-0.39, 0.29) is 16.9 Å². The quantitative estimate of drug-likeness (QED) is 0.106. The van der Waals surface area contributed by atoms with Crippen molar-refractivity contribution in [3.8, 4) is 0 Å². The number of aliphatic hydroxyl groups excluding tert-OH is 1. The van der Waals surface area contributed by atoms with E-state index in [4.69, 9.17) is 22.9 Å². The van der Waals surface area contributed by atoms with Gasteiger partial charge < -0.3 is 28.0 Å². The van der Waals surface area contributed by atoms with Crippen molar-refractivity contribution in [2.75, 3.05) is 11.5 Å². The number of benzene rings is 1. The molecule has 9 unspecified atom stereocenters. The molecule has 5 nitrogen and oxygen atoms in total. The number of nitrogens with two attached hydrogens (primary N) is 4. The monoisotopic (exact) mass is 631 g/mol. The maximum Gasteiger partial charge on any atom is 0.0634 e. The first kappa shape index (κ1) is 36.2. The zero-order valence-electron chi connectivity index (χ0n) is 30.0. The predicted octanol–water partition coefficient (Wildman–Crippen LogP) is 8.90. The minimum atomic E-state index is -0.327. The van der Waals surface area contributed by atoms with Crippen molar-refractivity contribution < 1.29 is 5.11 Å². The molecule has 0 saturated heterocycles. The fourth-order valence-corrected chi connectivity index (χ4v) is 10.9. The Labute approximate surface area is 281 Å². The number of hydrogen-bond acceptors (Lipinski definition) is 5. The second-order valence-electron chi connectivity index (χ2n) is 16.7. The molecule has 3 saturated carbocycles. The highest BCUT2D eigenvalue weighted by Gasteiger charge is 2.61. The van der Waals surface area contributed by atoms with Crippen LogP contribution in [0.15, 0.2) is 66.6 Å². The first-order chi connectivity index (χ1) is 21.6. The lowest BCUT2D eigenvalue weighted by Crippen LogP contribution is -2.55. The van der Waals surface area contributed by atoms with Crippen molar-refractivity contribution in [1.29, 1.82) is 0 Å². The Balaban J connectivity index is 0.000000533. The first-order valence-electron chi connectivity index (χ1n) is 18.1. The van der Waals surface area contributed by atoms with Gasteiger partial charge in [-0.2, -0.15) is 0 Å². The van der Waals surface area contributed by atoms with Crippen molar-refractivity contribution in [1.82, 2.24) is 0 Å². The topological polar surface area (TPSA) is 124 Å². The van der Waals surface area contributed by atoms with E-state index in [9.17, 15) is 5.11 Å². The van der Waals surface area contributed by atoms with Crippen molar-refractivity contribution in [2.45, 2.75) is 118 Å². The second-order valence-corrected chi connectivity index (χ2v) is 16.7. The van der Waals surface area contributed by atoms with Crippen LogP contribution in [0.4, 0.5) is 11.4 Å². The van der Waals surface area contributed by atoms with Crippen molar-refractivity contribution in [3.05, 3.63) is 72.1 Å². The highest BCUT2D eigenvalue weighted by molar-refractivity contribution is 5.57. The number of rotatable bonds is 9. The summed E-state index contributed by atoms with van der Waals surface area (Å²) in [4.78, 5) is 0. The molecule has 0 spiro atoms. The van der Waals surface area contributed by atoms with Gasteiger partial charge in [0.05, 0.1) is 6.10 Å². The summed E-state index contributed by atoms with van der Waals surface area (Å²) in [6.45, 7) is 21.7. The summed E-state index contributed by atoms with van der Waals surface area (Å²) < 4.78 is 0. The SMILES string of the molecule is C=C/C(N)=C\C(=C)N.CC(C)CCCC(C)C1CCC2C3CC=C4C(C)(Cc5ccc(N)cc5N)C(O)CCC4(C)C3CCC12C. The van der Waals surface area contributed by atoms with Crippen LogP contribution in [0.1, 0.15) is 111 Å². The first-order valence-corrected chi connectivity index (χ1v) is 18.1. The number of nitrogen functional groups attached to an aromatic ring is 2. The minimum Gasteiger partial charge on any atom is -0.399 e. The standard InChI is InChI=1S/C35H56N2O.C6H10N2/c1-22(2)8-7-9-23(3)27-13-14-28-26-12-15-31-34(5,29(26)16-18-33(27,28)4)19-17-32(38)35(31,6)21-24-10-11-25(36)20-30(24)37;1-3-6(8)4-5(2)7/h10-11,15,20,22-23,26-29,32,38H,7-9,12-14,16-19,21,36-37H2,1-6H3;3-4H,1-2,7-8H2/b;6-4+. The molecule has 9 atom stereocenters. The van der Waals surface area contributed by atoms with Gasteiger partial charge in [0.2, 0.25) is 0 Å². The third-order valence-electron chi connectivity index (χ3n) is 13.3. The molecule has 46 heavy (non-hydrogen) atoms. The average molecular weight is 631 g/mol. The minimum absolute atomic E-state index is 0.182. The van der Waals surface area contributed by atoms with Crippen LogP contribution in [0.5, 0.6) is 0 Å². The van der Waals surface area contributed by atoms with Gasteiger partial charge in [-0.05, 0) is 128 Å². The zero-order valence-corrected chi connectivity index (χ0v) is 30.0. The van der Waals surface area contributed by atoms with E-state index < -0.39 is 0 Å². The Kier molecular flexibility index (Phi) is 11.2. The molecule has 0 aliphatic heterocycles. The summed E-state index contributed by atoms with van der Waals surface area (Å²) in [5.41, 5.74) is 28.4. The van der Waals surface area contributed by atoms with Gasteiger partial charge >= 0.3 is 0 Å². The van der Waals surface area contributed by atoms with E-state index in [1.54, 1.807) is 6.08 Å². The third-order valence-corrected chi connectivity index (χ3v) is 13.3. The Morgan fingerprint density at radius 2 is 1.72 bits per heavy atom. The molecular formula is C41H66N4O. The van der Waals surface area contributed by atoms with Crippen LogP contribution in [-0.4, -0.2) is 11.2 Å². The molecule has 0 heterocycles. The van der Waals surface area contributed by atoms with Crippen LogP contribution < -0.4 is 22.9 Å². The van der Waals surface area contributed by atoms with Crippen LogP contribution in [0.3, 0.4) is 0 Å². The summed E-state index contributed by atoms with van der Waals surface area (Å²) in [6, 6.07) is 5.91. The average Bonchev–Trinajstić information content (AvgIpc) is 3.34. The summed E-state index contributed by atoms with van der Waals surface area (Å²) in [6.07, 6.45) is 19.1. The van der Waals surface area contributed by atoms with Gasteiger partial charge in [-0.1, -0.05) is 91.7 Å². The number of anilines is 2. The van der Waals surface area contributed by atoms with Crippen LogP contribution in [-0.2, 0) is 6.42 Å². The molecule has 9 N–H and O–H groups in total. The molecule has 5 rings (SSSR count). The van der Waals surface area contributed by atoms with Gasteiger partial charge in [-0.3, -0.25) is 0 Å². The van der Waals surface area contributed by atoms with E-state index in [0.717, 1.165) is 66.0 Å². The maximum atomic E-state index is 11.5. The van der Waals surface area contributed by atoms with Crippen LogP contribution in [0.2, 0.25) is 0 Å². The lowest BCUT2D eigenvalue weighted by molar-refractivity contribution is -0.0814. The van der Waals surface area contributed by atoms with Gasteiger partial charge in [0, 0.05) is 28.2 Å². The smallest absolute Gasteiger partial charge is 0.0634 e. The van der Waals surface area contributed by atoms with E-state index in [1.807, 2.05) is 12.1 Å². The highest BCUT2D eigenvalue weighted by Crippen LogP contribution is 2.69. The zero-order chi connectivity index (χ0) is 34.0. The van der Waals surface area contributed by atoms with Crippen LogP contribution in [0, 0.1) is 51.8 Å². The van der Waals surface area contributed by atoms with E-state index in [0.29, 0.717) is 22.5 Å². The predicted molar refractivity (Wildman–Crippen MR) is 197 cm³/mol. The molecule has 0 aromatic heterocycles. The molecule has 256 valence electrons. The largest absolute Gasteiger partial charge is 0.399 e. The van der Waals surface area contributed by atoms with E-state index >= 15 is 0 Å². The molecule has 1 aromatic carbocycles. The van der Waals surface area contributed by atoms with Crippen molar-refractivity contribution in [3.63, 3.8) is 0 Å². The lowest BCUT2D eigenvalue weighted by atomic mass is 9.43. The van der Waals surface area contributed by atoms with E-state index in [2.05, 4.69) is 66.8 Å². The Bertz CT molecular complexity index is 1310. The van der Waals surface area contributed by atoms with Crippen LogP contribution in [0.25, 0.3) is 0 Å². The number of hydrogen-bond donors (Lipinski definition) is 5. The van der Waals surface area contributed by atoms with Gasteiger partial charge in [0.1, 0.15) is 0 Å². The molecule has 5 heteroatoms. The van der Waals surface area contributed by atoms with Gasteiger partial charge in [0.15, 0.2) is 0 Å². The molecule has 0 radical (unpaired) electrons. The fourth-order valence-electron chi connectivity index (χ4n) is 10.9. The fraction of sp³-hybridized carbons (Fsp3) is 0.659. The van der Waals surface area contributed by atoms with Crippen molar-refractivity contribution >= 4 is 11.4 Å². The maximum absolute atomic E-state index is 11.5. The lowest BCUT2D eigenvalue weighted by Gasteiger charge is -2.62. The molecule has 0 amide bonds.